The van der Waals surface area contributed by atoms with Crippen LogP contribution in [0.3, 0.4) is 0 Å². The van der Waals surface area contributed by atoms with Crippen molar-refractivity contribution in [2.24, 2.45) is 5.73 Å². The molecule has 12 heteroatoms. The summed E-state index contributed by atoms with van der Waals surface area (Å²) in [5.41, 5.74) is 5.97. The van der Waals surface area contributed by atoms with Crippen molar-refractivity contribution in [1.82, 2.24) is 10.3 Å². The fourth-order valence-corrected chi connectivity index (χ4v) is 6.92. The van der Waals surface area contributed by atoms with Crippen LogP contribution < -0.4 is 16.4 Å². The summed E-state index contributed by atoms with van der Waals surface area (Å²) in [7, 11) is -1.85. The number of aromatic nitrogens is 1. The van der Waals surface area contributed by atoms with Crippen LogP contribution in [-0.4, -0.2) is 56.8 Å². The Kier molecular flexibility index (Phi) is 7.20. The second-order valence-electron chi connectivity index (χ2n) is 7.92. The number of sulfone groups is 1. The van der Waals surface area contributed by atoms with E-state index in [4.69, 9.17) is 22.1 Å². The average Bonchev–Trinajstić information content (AvgIpc) is 3.16. The molecule has 1 saturated carbocycles. The molecule has 0 atom stereocenters. The van der Waals surface area contributed by atoms with E-state index in [0.717, 1.165) is 11.3 Å². The number of halogens is 1. The monoisotopic (exact) mass is 522 g/mol. The number of methoxy groups -OCH3 is 1. The number of anilines is 1. The lowest BCUT2D eigenvalue weighted by Crippen LogP contribution is -2.48. The van der Waals surface area contributed by atoms with Gasteiger partial charge in [-0.2, -0.15) is 0 Å². The maximum absolute atomic E-state index is 13.0. The molecule has 4 N–H and O–H groups in total. The van der Waals surface area contributed by atoms with Crippen molar-refractivity contribution in [2.75, 3.05) is 25.6 Å². The number of carbonyl (C=O) groups is 2. The molecule has 2 aromatic carbocycles. The van der Waals surface area contributed by atoms with Crippen LogP contribution in [0, 0.1) is 0 Å². The highest BCUT2D eigenvalue weighted by atomic mass is 35.5. The molecule has 9 nitrogen and oxygen atoms in total. The van der Waals surface area contributed by atoms with Gasteiger partial charge >= 0.3 is 0 Å². The highest BCUT2D eigenvalue weighted by molar-refractivity contribution is 7.92. The highest BCUT2D eigenvalue weighted by Crippen LogP contribution is 2.35. The molecule has 0 bridgehead atoms. The molecule has 1 fully saturated rings. The van der Waals surface area contributed by atoms with Crippen LogP contribution in [-0.2, 0) is 14.6 Å². The Labute approximate surface area is 205 Å². The quantitative estimate of drug-likeness (QED) is 0.367. The van der Waals surface area contributed by atoms with Gasteiger partial charge in [0, 0.05) is 19.7 Å². The summed E-state index contributed by atoms with van der Waals surface area (Å²) in [6.45, 7) is 1.27. The van der Waals surface area contributed by atoms with E-state index in [-0.39, 0.29) is 32.2 Å². The van der Waals surface area contributed by atoms with Crippen LogP contribution >= 0.6 is 22.9 Å². The van der Waals surface area contributed by atoms with Gasteiger partial charge in [-0.15, -0.1) is 0 Å². The van der Waals surface area contributed by atoms with E-state index in [1.807, 2.05) is 0 Å². The van der Waals surface area contributed by atoms with Crippen LogP contribution in [0.5, 0.6) is 0 Å². The molecular weight excluding hydrogens is 500 g/mol. The van der Waals surface area contributed by atoms with E-state index in [1.54, 1.807) is 25.3 Å². The third-order valence-corrected chi connectivity index (χ3v) is 9.20. The molecule has 4 rings (SSSR count). The Morgan fingerprint density at radius 2 is 1.97 bits per heavy atom. The molecule has 1 aliphatic rings. The first-order chi connectivity index (χ1) is 16.2. The lowest BCUT2D eigenvalue weighted by Gasteiger charge is -2.35. The zero-order valence-electron chi connectivity index (χ0n) is 18.2. The molecule has 2 amide bonds. The van der Waals surface area contributed by atoms with Crippen molar-refractivity contribution in [3.8, 4) is 0 Å². The largest absolute Gasteiger partial charge is 0.383 e. The van der Waals surface area contributed by atoms with Crippen LogP contribution in [0.15, 0.2) is 41.3 Å². The molecule has 0 aliphatic heterocycles. The number of ether oxygens (including phenoxy) is 1. The Morgan fingerprint density at radius 3 is 2.68 bits per heavy atom. The number of hydrogen-bond donors (Lipinski definition) is 3. The summed E-state index contributed by atoms with van der Waals surface area (Å²) in [5, 5.41) is 5.73. The van der Waals surface area contributed by atoms with Gasteiger partial charge in [-0.25, -0.2) is 13.4 Å². The number of nitrogens with one attached hydrogen (secondary N) is 2. The number of amides is 2. The Balaban J connectivity index is 1.48. The van der Waals surface area contributed by atoms with Gasteiger partial charge < -0.3 is 15.8 Å². The highest BCUT2D eigenvalue weighted by Gasteiger charge is 2.39. The molecule has 1 aliphatic carbocycles. The number of nitrogens with two attached hydrogens (primary N) is 1. The van der Waals surface area contributed by atoms with Crippen LogP contribution in [0.1, 0.15) is 33.6 Å². The summed E-state index contributed by atoms with van der Waals surface area (Å²) < 4.78 is 31.7. The third-order valence-electron chi connectivity index (χ3n) is 5.69. The number of rotatable bonds is 9. The maximum atomic E-state index is 13.0. The van der Waals surface area contributed by atoms with Gasteiger partial charge in [-0.3, -0.25) is 14.9 Å². The average molecular weight is 523 g/mol. The van der Waals surface area contributed by atoms with E-state index in [1.165, 1.54) is 18.2 Å². The number of carbonyl (C=O) groups excluding carboxylic acids is 2. The zero-order valence-corrected chi connectivity index (χ0v) is 20.6. The minimum Gasteiger partial charge on any atom is -0.383 e. The van der Waals surface area contributed by atoms with Gasteiger partial charge in [0.2, 0.25) is 5.91 Å². The Morgan fingerprint density at radius 1 is 1.24 bits per heavy atom. The summed E-state index contributed by atoms with van der Waals surface area (Å²) in [4.78, 5) is 28.7. The number of thiazole rings is 1. The molecule has 3 aromatic rings. The van der Waals surface area contributed by atoms with Gasteiger partial charge in [0.15, 0.2) is 15.0 Å². The molecule has 0 unspecified atom stereocenters. The predicted molar refractivity (Wildman–Crippen MR) is 131 cm³/mol. The smallest absolute Gasteiger partial charge is 0.258 e. The first-order valence-electron chi connectivity index (χ1n) is 10.5. The van der Waals surface area contributed by atoms with Crippen molar-refractivity contribution in [3.63, 3.8) is 0 Å². The second kappa shape index (κ2) is 9.96. The molecule has 180 valence electrons. The normalized spacial score (nSPS) is 17.9. The number of benzene rings is 2. The van der Waals surface area contributed by atoms with Crippen molar-refractivity contribution in [1.29, 1.82) is 0 Å². The minimum atomic E-state index is -3.47. The summed E-state index contributed by atoms with van der Waals surface area (Å²) in [5.74, 6) is -1.29. The van der Waals surface area contributed by atoms with Crippen LogP contribution in [0.4, 0.5) is 5.13 Å². The second-order valence-corrected chi connectivity index (χ2v) is 11.6. The molecule has 34 heavy (non-hydrogen) atoms. The topological polar surface area (TPSA) is 140 Å². The summed E-state index contributed by atoms with van der Waals surface area (Å²) in [6.07, 6.45) is 1.11. The maximum Gasteiger partial charge on any atom is 0.258 e. The zero-order chi connectivity index (χ0) is 24.5. The molecule has 1 heterocycles. The molecule has 0 spiro atoms. The molecule has 1 aromatic heterocycles. The molecular formula is C22H23ClN4O5S2. The standard InChI is InChI=1S/C22H23ClN4O5S2/c1-32-8-7-25-12-9-14(10-12)34(30,31)13-5-6-17-18(11-13)33-22(26-17)27-21(29)16-4-2-3-15(19(16)23)20(24)28/h2-6,11-12,14,25H,7-10H2,1H3,(H2,24,28)(H,26,27,29). The van der Waals surface area contributed by atoms with Crippen molar-refractivity contribution in [3.05, 3.63) is 52.5 Å². The SMILES string of the molecule is COCCNC1CC(S(=O)(=O)c2ccc3nc(NC(=O)c4cccc(C(N)=O)c4Cl)sc3c2)C1. The van der Waals surface area contributed by atoms with E-state index in [0.29, 0.717) is 36.2 Å². The molecule has 0 saturated heterocycles. The van der Waals surface area contributed by atoms with E-state index < -0.39 is 26.9 Å². The van der Waals surface area contributed by atoms with Gasteiger partial charge in [0.1, 0.15) is 0 Å². The lowest BCUT2D eigenvalue weighted by atomic mass is 9.92. The van der Waals surface area contributed by atoms with Gasteiger partial charge in [-0.1, -0.05) is 29.0 Å². The Bertz CT molecular complexity index is 1350. The van der Waals surface area contributed by atoms with Crippen LogP contribution in [0.2, 0.25) is 5.02 Å². The fourth-order valence-electron chi connectivity index (χ4n) is 3.74. The summed E-state index contributed by atoms with van der Waals surface area (Å²) >= 11 is 7.30. The van der Waals surface area contributed by atoms with Gasteiger partial charge in [-0.05, 0) is 43.2 Å². The fraction of sp³-hybridized carbons (Fsp3) is 0.318. The van der Waals surface area contributed by atoms with Crippen LogP contribution in [0.25, 0.3) is 10.2 Å². The first-order valence-corrected chi connectivity index (χ1v) is 13.2. The lowest BCUT2D eigenvalue weighted by molar-refractivity contribution is 0.100. The van der Waals surface area contributed by atoms with Gasteiger partial charge in [0.05, 0.1) is 43.1 Å². The predicted octanol–water partition coefficient (Wildman–Crippen LogP) is 2.84. The molecule has 0 radical (unpaired) electrons. The first kappa shape index (κ1) is 24.6. The third kappa shape index (κ3) is 4.93. The minimum absolute atomic E-state index is 0.0422. The number of fused-ring (bicyclic) bond motifs is 1. The number of nitrogens with zero attached hydrogens (tertiary/aromatic N) is 1. The Hall–Kier alpha value is -2.57. The van der Waals surface area contributed by atoms with E-state index in [9.17, 15) is 18.0 Å². The van der Waals surface area contributed by atoms with Gasteiger partial charge in [0.25, 0.3) is 5.91 Å². The number of primary amides is 1. The van der Waals surface area contributed by atoms with E-state index >= 15 is 0 Å². The van der Waals surface area contributed by atoms with Crippen molar-refractivity contribution in [2.45, 2.75) is 29.0 Å². The number of hydrogen-bond acceptors (Lipinski definition) is 8. The summed E-state index contributed by atoms with van der Waals surface area (Å²) in [6, 6.07) is 9.34. The van der Waals surface area contributed by atoms with E-state index in [2.05, 4.69) is 15.6 Å². The van der Waals surface area contributed by atoms with Crippen molar-refractivity contribution < 1.29 is 22.7 Å². The van der Waals surface area contributed by atoms with Crippen molar-refractivity contribution >= 4 is 59.9 Å².